The predicted molar refractivity (Wildman–Crippen MR) is 99.8 cm³/mol. The highest BCUT2D eigenvalue weighted by molar-refractivity contribution is 6.00. The summed E-state index contributed by atoms with van der Waals surface area (Å²) >= 11 is 0. The maximum Gasteiger partial charge on any atom is 0.253 e. The van der Waals surface area contributed by atoms with Crippen molar-refractivity contribution in [3.63, 3.8) is 0 Å². The maximum absolute atomic E-state index is 13.2. The van der Waals surface area contributed by atoms with E-state index >= 15 is 0 Å². The highest BCUT2D eigenvalue weighted by Gasteiger charge is 2.12. The van der Waals surface area contributed by atoms with Crippen molar-refractivity contribution in [3.05, 3.63) is 84.1 Å². The zero-order valence-electron chi connectivity index (χ0n) is 14.4. The van der Waals surface area contributed by atoms with E-state index in [0.717, 1.165) is 0 Å². The molecule has 0 aliphatic carbocycles. The molecule has 0 radical (unpaired) electrons. The number of rotatable bonds is 7. The molecule has 0 unspecified atom stereocenters. The molecule has 1 heterocycles. The lowest BCUT2D eigenvalue weighted by Crippen LogP contribution is -2.26. The summed E-state index contributed by atoms with van der Waals surface area (Å²) < 4.78 is 18.4. The van der Waals surface area contributed by atoms with E-state index < -0.39 is 5.82 Å². The summed E-state index contributed by atoms with van der Waals surface area (Å²) in [6, 6.07) is 16.0. The van der Waals surface area contributed by atoms with Gasteiger partial charge in [-0.15, -0.1) is 0 Å². The largest absolute Gasteiger partial charge is 0.467 e. The Kier molecular flexibility index (Phi) is 5.84. The van der Waals surface area contributed by atoms with Crippen molar-refractivity contribution in [3.8, 4) is 0 Å². The quantitative estimate of drug-likeness (QED) is 0.598. The number of anilines is 2. The first kappa shape index (κ1) is 18.2. The van der Waals surface area contributed by atoms with Crippen molar-refractivity contribution in [2.24, 2.45) is 0 Å². The van der Waals surface area contributed by atoms with Crippen LogP contribution in [-0.2, 0) is 11.3 Å². The summed E-state index contributed by atoms with van der Waals surface area (Å²) in [5, 5.41) is 8.28. The molecule has 0 atom stereocenters. The van der Waals surface area contributed by atoms with Gasteiger partial charge in [-0.05, 0) is 42.5 Å². The molecule has 6 nitrogen and oxygen atoms in total. The van der Waals surface area contributed by atoms with E-state index in [9.17, 15) is 14.0 Å². The summed E-state index contributed by atoms with van der Waals surface area (Å²) in [5.41, 5.74) is 1.29. The van der Waals surface area contributed by atoms with Gasteiger partial charge in [-0.25, -0.2) is 4.39 Å². The average molecular weight is 367 g/mol. The molecular formula is C20H18FN3O3. The first-order chi connectivity index (χ1) is 13.1. The summed E-state index contributed by atoms with van der Waals surface area (Å²) in [5.74, 6) is -0.436. The third-order valence-electron chi connectivity index (χ3n) is 3.72. The molecule has 7 heteroatoms. The zero-order valence-corrected chi connectivity index (χ0v) is 14.4. The van der Waals surface area contributed by atoms with Gasteiger partial charge >= 0.3 is 0 Å². The number of furan rings is 1. The number of halogens is 1. The number of hydrogen-bond donors (Lipinski definition) is 3. The molecule has 0 spiro atoms. The van der Waals surface area contributed by atoms with Crippen molar-refractivity contribution >= 4 is 23.2 Å². The minimum atomic E-state index is -0.431. The van der Waals surface area contributed by atoms with Crippen molar-refractivity contribution in [2.75, 3.05) is 17.2 Å². The lowest BCUT2D eigenvalue weighted by Gasteiger charge is -2.12. The van der Waals surface area contributed by atoms with Gasteiger partial charge in [-0.2, -0.15) is 0 Å². The number of para-hydroxylation sites is 1. The Balaban J connectivity index is 1.58. The lowest BCUT2D eigenvalue weighted by molar-refractivity contribution is -0.114. The van der Waals surface area contributed by atoms with E-state index in [-0.39, 0.29) is 24.9 Å². The standard InChI is InChI=1S/C20H18FN3O3/c21-14-5-3-6-15(11-14)24-19(25)13-22-18-9-2-1-8-17(18)20(26)23-12-16-7-4-10-27-16/h1-11,22H,12-13H2,(H,23,26)(H,24,25). The third kappa shape index (κ3) is 5.18. The summed E-state index contributed by atoms with van der Waals surface area (Å²) in [6.45, 7) is 0.194. The van der Waals surface area contributed by atoms with Crippen LogP contribution in [0.15, 0.2) is 71.3 Å². The van der Waals surface area contributed by atoms with Crippen LogP contribution < -0.4 is 16.0 Å². The Labute approximate surface area is 155 Å². The van der Waals surface area contributed by atoms with Gasteiger partial charge in [-0.1, -0.05) is 18.2 Å². The first-order valence-corrected chi connectivity index (χ1v) is 8.31. The van der Waals surface area contributed by atoms with Crippen LogP contribution in [0.4, 0.5) is 15.8 Å². The van der Waals surface area contributed by atoms with E-state index in [1.807, 2.05) is 0 Å². The molecule has 0 saturated heterocycles. The second-order valence-corrected chi connectivity index (χ2v) is 5.72. The zero-order chi connectivity index (χ0) is 19.1. The molecule has 0 fully saturated rings. The van der Waals surface area contributed by atoms with Crippen LogP contribution in [-0.4, -0.2) is 18.4 Å². The van der Waals surface area contributed by atoms with Crippen LogP contribution in [0.5, 0.6) is 0 Å². The van der Waals surface area contributed by atoms with Gasteiger partial charge in [0.25, 0.3) is 5.91 Å². The maximum atomic E-state index is 13.2. The minimum absolute atomic E-state index is 0.0704. The molecule has 2 aromatic carbocycles. The summed E-state index contributed by atoms with van der Waals surface area (Å²) in [7, 11) is 0. The van der Waals surface area contributed by atoms with Crippen LogP contribution in [0.3, 0.4) is 0 Å². The number of nitrogens with one attached hydrogen (secondary N) is 3. The first-order valence-electron chi connectivity index (χ1n) is 8.31. The topological polar surface area (TPSA) is 83.4 Å². The molecule has 0 aliphatic heterocycles. The Morgan fingerprint density at radius 3 is 2.63 bits per heavy atom. The molecule has 3 N–H and O–H groups in total. The van der Waals surface area contributed by atoms with E-state index in [1.54, 1.807) is 42.5 Å². The molecular weight excluding hydrogens is 349 g/mol. The number of benzene rings is 2. The molecule has 0 saturated carbocycles. The van der Waals surface area contributed by atoms with Crippen LogP contribution in [0.2, 0.25) is 0 Å². The van der Waals surface area contributed by atoms with Gasteiger partial charge in [-0.3, -0.25) is 9.59 Å². The molecule has 0 bridgehead atoms. The van der Waals surface area contributed by atoms with Crippen LogP contribution in [0.1, 0.15) is 16.1 Å². The number of carbonyl (C=O) groups is 2. The van der Waals surface area contributed by atoms with Crippen LogP contribution >= 0.6 is 0 Å². The van der Waals surface area contributed by atoms with Gasteiger partial charge < -0.3 is 20.4 Å². The smallest absolute Gasteiger partial charge is 0.253 e. The Morgan fingerprint density at radius 2 is 1.85 bits per heavy atom. The average Bonchev–Trinajstić information content (AvgIpc) is 3.18. The van der Waals surface area contributed by atoms with E-state index in [0.29, 0.717) is 22.7 Å². The van der Waals surface area contributed by atoms with Crippen molar-refractivity contribution < 1.29 is 18.4 Å². The normalized spacial score (nSPS) is 10.3. The number of carbonyl (C=O) groups excluding carboxylic acids is 2. The number of hydrogen-bond acceptors (Lipinski definition) is 4. The van der Waals surface area contributed by atoms with Gasteiger partial charge in [0.15, 0.2) is 0 Å². The monoisotopic (exact) mass is 367 g/mol. The molecule has 1 aromatic heterocycles. The van der Waals surface area contributed by atoms with Gasteiger partial charge in [0.2, 0.25) is 5.91 Å². The number of amides is 2. The van der Waals surface area contributed by atoms with Crippen molar-refractivity contribution in [1.82, 2.24) is 5.32 Å². The fourth-order valence-corrected chi connectivity index (χ4v) is 2.46. The van der Waals surface area contributed by atoms with Gasteiger partial charge in [0.1, 0.15) is 11.6 Å². The minimum Gasteiger partial charge on any atom is -0.467 e. The highest BCUT2D eigenvalue weighted by Crippen LogP contribution is 2.15. The fourth-order valence-electron chi connectivity index (χ4n) is 2.46. The third-order valence-corrected chi connectivity index (χ3v) is 3.72. The molecule has 3 aromatic rings. The van der Waals surface area contributed by atoms with Crippen LogP contribution in [0.25, 0.3) is 0 Å². The second-order valence-electron chi connectivity index (χ2n) is 5.72. The summed E-state index contributed by atoms with van der Waals surface area (Å²) in [4.78, 5) is 24.4. The van der Waals surface area contributed by atoms with Crippen molar-refractivity contribution in [2.45, 2.75) is 6.54 Å². The fraction of sp³-hybridized carbons (Fsp3) is 0.100. The molecule has 27 heavy (non-hydrogen) atoms. The Hall–Kier alpha value is -3.61. The summed E-state index contributed by atoms with van der Waals surface area (Å²) in [6.07, 6.45) is 1.54. The Bertz CT molecular complexity index is 926. The van der Waals surface area contributed by atoms with E-state index in [1.165, 1.54) is 24.5 Å². The Morgan fingerprint density at radius 1 is 1.00 bits per heavy atom. The van der Waals surface area contributed by atoms with E-state index in [2.05, 4.69) is 16.0 Å². The van der Waals surface area contributed by atoms with Crippen LogP contribution in [0, 0.1) is 5.82 Å². The molecule has 3 rings (SSSR count). The van der Waals surface area contributed by atoms with Gasteiger partial charge in [0.05, 0.1) is 24.9 Å². The molecule has 0 aliphatic rings. The van der Waals surface area contributed by atoms with Crippen molar-refractivity contribution in [1.29, 1.82) is 0 Å². The molecule has 138 valence electrons. The van der Waals surface area contributed by atoms with E-state index in [4.69, 9.17) is 4.42 Å². The lowest BCUT2D eigenvalue weighted by atomic mass is 10.1. The highest BCUT2D eigenvalue weighted by atomic mass is 19.1. The SMILES string of the molecule is O=C(CNc1ccccc1C(=O)NCc1ccco1)Nc1cccc(F)c1. The second kappa shape index (κ2) is 8.66. The predicted octanol–water partition coefficient (Wildman–Crippen LogP) is 3.40. The van der Waals surface area contributed by atoms with Gasteiger partial charge in [0, 0.05) is 11.4 Å². The molecule has 2 amide bonds.